The minimum absolute atomic E-state index is 0.178. The number of carbonyl (C=O) groups excluding carboxylic acids is 2. The first-order valence-corrected chi connectivity index (χ1v) is 24.2. The third-order valence-electron chi connectivity index (χ3n) is 11.0. The molecule has 1 aliphatic heterocycles. The summed E-state index contributed by atoms with van der Waals surface area (Å²) in [6.07, 6.45) is 41.3. The van der Waals surface area contributed by atoms with Crippen molar-refractivity contribution in [1.29, 1.82) is 0 Å². The molecule has 6 atom stereocenters. The van der Waals surface area contributed by atoms with Gasteiger partial charge in [-0.2, -0.15) is 0 Å². The second-order valence-electron chi connectivity index (χ2n) is 16.5. The molecule has 0 spiro atoms. The van der Waals surface area contributed by atoms with Crippen LogP contribution >= 0.6 is 0 Å². The lowest BCUT2D eigenvalue weighted by molar-refractivity contribution is -0.305. The van der Waals surface area contributed by atoms with Gasteiger partial charge in [0.05, 0.1) is 13.2 Å². The molecular weight excluding hydrogens is 761 g/mol. The van der Waals surface area contributed by atoms with Crippen molar-refractivity contribution in [3.8, 4) is 0 Å². The Labute approximate surface area is 365 Å². The third-order valence-corrected chi connectivity index (χ3v) is 11.0. The van der Waals surface area contributed by atoms with E-state index in [4.69, 9.17) is 18.9 Å². The fraction of sp³-hybridized carbons (Fsp3) is 0.800. The summed E-state index contributed by atoms with van der Waals surface area (Å²) < 4.78 is 22.2. The summed E-state index contributed by atoms with van der Waals surface area (Å²) in [6.45, 7) is 3.28. The van der Waals surface area contributed by atoms with Crippen LogP contribution in [0.2, 0.25) is 0 Å². The van der Waals surface area contributed by atoms with Crippen LogP contribution in [0.4, 0.5) is 0 Å². The molecule has 0 aromatic rings. The van der Waals surface area contributed by atoms with Crippen LogP contribution in [-0.4, -0.2) is 89.0 Å². The van der Waals surface area contributed by atoms with E-state index in [1.165, 1.54) is 109 Å². The number of allylic oxidation sites excluding steroid dienone is 8. The number of hydrogen-bond acceptors (Lipinski definition) is 10. The lowest BCUT2D eigenvalue weighted by atomic mass is 9.99. The maximum absolute atomic E-state index is 12.8. The molecule has 1 heterocycles. The highest BCUT2D eigenvalue weighted by molar-refractivity contribution is 5.70. The summed E-state index contributed by atoms with van der Waals surface area (Å²) in [7, 11) is 0. The second-order valence-corrected chi connectivity index (χ2v) is 16.5. The van der Waals surface area contributed by atoms with Crippen LogP contribution in [0, 0.1) is 0 Å². The van der Waals surface area contributed by atoms with Crippen molar-refractivity contribution >= 4 is 11.9 Å². The molecule has 0 radical (unpaired) electrons. The monoisotopic (exact) mass is 849 g/mol. The molecule has 348 valence electrons. The minimum atomic E-state index is -1.60. The molecular formula is C50H88O10. The highest BCUT2D eigenvalue weighted by Gasteiger charge is 2.44. The lowest BCUT2D eigenvalue weighted by Gasteiger charge is -2.39. The Morgan fingerprint density at radius 1 is 0.533 bits per heavy atom. The molecule has 60 heavy (non-hydrogen) atoms. The summed E-state index contributed by atoms with van der Waals surface area (Å²) >= 11 is 0. The number of hydrogen-bond donors (Lipinski definition) is 4. The molecule has 1 saturated heterocycles. The maximum Gasteiger partial charge on any atom is 0.306 e. The van der Waals surface area contributed by atoms with Gasteiger partial charge in [-0.1, -0.05) is 184 Å². The molecule has 0 bridgehead atoms. The Morgan fingerprint density at radius 3 is 1.48 bits per heavy atom. The first-order chi connectivity index (χ1) is 29.3. The molecule has 10 heteroatoms. The predicted molar refractivity (Wildman–Crippen MR) is 242 cm³/mol. The first kappa shape index (κ1) is 55.7. The Morgan fingerprint density at radius 2 is 0.983 bits per heavy atom. The van der Waals surface area contributed by atoms with E-state index in [1.807, 2.05) is 0 Å². The molecule has 0 saturated carbocycles. The van der Waals surface area contributed by atoms with Crippen molar-refractivity contribution in [3.63, 3.8) is 0 Å². The molecule has 10 nitrogen and oxygen atoms in total. The van der Waals surface area contributed by atoms with Gasteiger partial charge in [0.15, 0.2) is 12.4 Å². The molecule has 4 N–H and O–H groups in total. The van der Waals surface area contributed by atoms with E-state index in [0.717, 1.165) is 57.8 Å². The van der Waals surface area contributed by atoms with Crippen LogP contribution < -0.4 is 0 Å². The van der Waals surface area contributed by atoms with E-state index in [-0.39, 0.29) is 32.0 Å². The van der Waals surface area contributed by atoms with Gasteiger partial charge in [0.2, 0.25) is 0 Å². The third kappa shape index (κ3) is 31.5. The van der Waals surface area contributed by atoms with Crippen molar-refractivity contribution in [2.45, 2.75) is 237 Å². The number of aliphatic hydroxyl groups excluding tert-OH is 4. The molecule has 2 unspecified atom stereocenters. The predicted octanol–water partition coefficient (Wildman–Crippen LogP) is 10.8. The Bertz CT molecular complexity index is 1120. The average Bonchev–Trinajstić information content (AvgIpc) is 3.25. The number of rotatable bonds is 40. The summed E-state index contributed by atoms with van der Waals surface area (Å²) in [5.41, 5.74) is 0. The second kappa shape index (κ2) is 40.7. The lowest BCUT2D eigenvalue weighted by Crippen LogP contribution is -2.59. The maximum atomic E-state index is 12.8. The van der Waals surface area contributed by atoms with Crippen LogP contribution in [0.3, 0.4) is 0 Å². The Kier molecular flexibility index (Phi) is 37.8. The van der Waals surface area contributed by atoms with Gasteiger partial charge in [0.25, 0.3) is 0 Å². The molecule has 1 rings (SSSR count). The molecule has 0 aromatic heterocycles. The average molecular weight is 849 g/mol. The SMILES string of the molecule is CC/C=C/C/C=C/C/C=C/C/C=C/CCCCC(=O)O[C@@H](COC(=O)CCCCCCCCCCCCCCCCCCCCCC)CO[C@H]1O[C@@H](CO)[C@@H](O)C(O)C1O. The topological polar surface area (TPSA) is 152 Å². The number of esters is 2. The largest absolute Gasteiger partial charge is 0.462 e. The zero-order valence-electron chi connectivity index (χ0n) is 37.9. The normalized spacial score (nSPS) is 20.3. The van der Waals surface area contributed by atoms with Gasteiger partial charge in [-0.25, -0.2) is 0 Å². The fourth-order valence-electron chi connectivity index (χ4n) is 7.18. The molecule has 0 amide bonds. The number of carbonyl (C=O) groups is 2. The van der Waals surface area contributed by atoms with Crippen molar-refractivity contribution in [2.75, 3.05) is 19.8 Å². The number of ether oxygens (including phenoxy) is 4. The summed E-state index contributed by atoms with van der Waals surface area (Å²) in [5, 5.41) is 40.1. The van der Waals surface area contributed by atoms with E-state index >= 15 is 0 Å². The Hall–Kier alpha value is -2.34. The highest BCUT2D eigenvalue weighted by Crippen LogP contribution is 2.23. The summed E-state index contributed by atoms with van der Waals surface area (Å²) in [6, 6.07) is 0. The summed E-state index contributed by atoms with van der Waals surface area (Å²) in [4.78, 5) is 25.4. The molecule has 0 aliphatic carbocycles. The van der Waals surface area contributed by atoms with Crippen molar-refractivity contribution < 1.29 is 49.0 Å². The van der Waals surface area contributed by atoms with Crippen molar-refractivity contribution in [2.24, 2.45) is 0 Å². The van der Waals surface area contributed by atoms with Crippen molar-refractivity contribution in [1.82, 2.24) is 0 Å². The van der Waals surface area contributed by atoms with Crippen LogP contribution in [0.25, 0.3) is 0 Å². The van der Waals surface area contributed by atoms with E-state index in [1.54, 1.807) is 0 Å². The number of aliphatic hydroxyl groups is 4. The summed E-state index contributed by atoms with van der Waals surface area (Å²) in [5.74, 6) is -0.850. The van der Waals surface area contributed by atoms with Gasteiger partial charge < -0.3 is 39.4 Å². The van der Waals surface area contributed by atoms with Gasteiger partial charge in [0, 0.05) is 12.8 Å². The first-order valence-electron chi connectivity index (χ1n) is 24.2. The van der Waals surface area contributed by atoms with Crippen LogP contribution in [0.15, 0.2) is 48.6 Å². The van der Waals surface area contributed by atoms with Gasteiger partial charge in [-0.05, 0) is 51.4 Å². The van der Waals surface area contributed by atoms with Gasteiger partial charge in [-0.3, -0.25) is 9.59 Å². The zero-order chi connectivity index (χ0) is 43.7. The number of unbranched alkanes of at least 4 members (excludes halogenated alkanes) is 21. The fourth-order valence-corrected chi connectivity index (χ4v) is 7.18. The van der Waals surface area contributed by atoms with Gasteiger partial charge in [-0.15, -0.1) is 0 Å². The minimum Gasteiger partial charge on any atom is -0.462 e. The quantitative estimate of drug-likeness (QED) is 0.0266. The van der Waals surface area contributed by atoms with E-state index in [9.17, 15) is 30.0 Å². The standard InChI is InChI=1S/C50H88O10/c1-3-5-7-9-11-13-15-17-19-20-21-22-23-25-26-28-30-32-34-36-38-45(52)57-41-43(42-58-50-49(56)48(55)47(54)44(40-51)60-50)59-46(53)39-37-35-33-31-29-27-24-18-16-14-12-10-8-6-4-2/h6,8,12,14,18,24,29,31,43-44,47-51,54-56H,3-5,7,9-11,13,15-17,19-23,25-28,30,32-42H2,1-2H3/b8-6+,14-12+,24-18+,31-29+/t43-,44-,47+,48?,49?,50-/m0/s1. The van der Waals surface area contributed by atoms with Crippen LogP contribution in [-0.2, 0) is 28.5 Å². The van der Waals surface area contributed by atoms with E-state index in [2.05, 4.69) is 62.5 Å². The van der Waals surface area contributed by atoms with Crippen molar-refractivity contribution in [3.05, 3.63) is 48.6 Å². The van der Waals surface area contributed by atoms with Gasteiger partial charge >= 0.3 is 11.9 Å². The Balaban J connectivity index is 2.29. The smallest absolute Gasteiger partial charge is 0.306 e. The highest BCUT2D eigenvalue weighted by atomic mass is 16.7. The van der Waals surface area contributed by atoms with Gasteiger partial charge in [0.1, 0.15) is 31.0 Å². The van der Waals surface area contributed by atoms with E-state index in [0.29, 0.717) is 6.42 Å². The molecule has 0 aromatic carbocycles. The molecule has 1 fully saturated rings. The van der Waals surface area contributed by atoms with Crippen LogP contribution in [0.1, 0.15) is 200 Å². The zero-order valence-corrected chi connectivity index (χ0v) is 37.9. The van der Waals surface area contributed by atoms with Crippen LogP contribution in [0.5, 0.6) is 0 Å². The molecule has 1 aliphatic rings. The van der Waals surface area contributed by atoms with E-state index < -0.39 is 49.4 Å².